The normalized spacial score (nSPS) is 14.0. The summed E-state index contributed by atoms with van der Waals surface area (Å²) in [5.41, 5.74) is 0. The molecule has 0 aromatic carbocycles. The molecule has 0 rings (SSSR count). The summed E-state index contributed by atoms with van der Waals surface area (Å²) >= 11 is 0. The van der Waals surface area contributed by atoms with Crippen LogP contribution in [0, 0.1) is 0 Å². The van der Waals surface area contributed by atoms with Gasteiger partial charge in [-0.2, -0.15) is 13.2 Å². The van der Waals surface area contributed by atoms with Crippen molar-refractivity contribution in [3.8, 4) is 0 Å². The monoisotopic (exact) mass is 118 g/mol. The van der Waals surface area contributed by atoms with Gasteiger partial charge in [0.1, 0.15) is 0 Å². The van der Waals surface area contributed by atoms with E-state index >= 15 is 0 Å². The predicted molar refractivity (Wildman–Crippen MR) is 15.7 cm³/mol. The fraction of sp³-hybridized carbons (Fsp3) is 1.00. The molecular weight excluding hydrogens is 116 g/mol. The van der Waals surface area contributed by atoms with Crippen molar-refractivity contribution in [1.82, 2.24) is 0 Å². The van der Waals surface area contributed by atoms with Gasteiger partial charge in [0.15, 0.2) is 0 Å². The minimum atomic E-state index is -4.49. The lowest BCUT2D eigenvalue weighted by Gasteiger charge is -1.93. The molecule has 0 aliphatic rings. The van der Waals surface area contributed by atoms with Crippen molar-refractivity contribution in [2.75, 3.05) is 0 Å². The molecule has 0 aliphatic heterocycles. The highest BCUT2D eigenvalue weighted by atomic mass is 28.3. The van der Waals surface area contributed by atoms with E-state index < -0.39 is 15.7 Å². The molecule has 0 aromatic rings. The third-order valence-corrected chi connectivity index (χ3v) is 0.455. The second-order valence-corrected chi connectivity index (χ2v) is 1.82. The van der Waals surface area contributed by atoms with E-state index in [0.29, 0.717) is 0 Å². The van der Waals surface area contributed by atoms with Crippen molar-refractivity contribution in [1.29, 1.82) is 0 Å². The van der Waals surface area contributed by atoms with Crippen molar-refractivity contribution < 1.29 is 17.3 Å². The number of hydrogen-bond donors (Lipinski definition) is 0. The summed E-state index contributed by atoms with van der Waals surface area (Å²) in [4.78, 5) is 0. The second-order valence-electron chi connectivity index (χ2n) is 0.749. The van der Waals surface area contributed by atoms with Crippen LogP contribution in [0.5, 0.6) is 0 Å². The van der Waals surface area contributed by atoms with Gasteiger partial charge in [-0.05, 0) is 0 Å². The zero-order valence-corrected chi connectivity index (χ0v) is 4.13. The fourth-order valence-corrected chi connectivity index (χ4v) is 0. The van der Waals surface area contributed by atoms with Gasteiger partial charge in [-0.3, -0.25) is 0 Å². The van der Waals surface area contributed by atoms with Gasteiger partial charge in [0.2, 0.25) is 0 Å². The summed E-state index contributed by atoms with van der Waals surface area (Å²) in [5.74, 6) is -4.49. The van der Waals surface area contributed by atoms with Crippen molar-refractivity contribution in [3.63, 3.8) is 0 Å². The first-order valence-electron chi connectivity index (χ1n) is 1.19. The van der Waals surface area contributed by atoms with Gasteiger partial charge in [0, 0.05) is 0 Å². The van der Waals surface area contributed by atoms with Crippen molar-refractivity contribution in [2.24, 2.45) is 0 Å². The van der Waals surface area contributed by atoms with Crippen LogP contribution >= 0.6 is 0 Å². The van der Waals surface area contributed by atoms with Gasteiger partial charge in [-0.25, -0.2) is 0 Å². The molecule has 0 saturated heterocycles. The summed E-state index contributed by atoms with van der Waals surface area (Å²) in [6.45, 7) is 0. The highest BCUT2D eigenvalue weighted by Crippen LogP contribution is 2.11. The molecule has 0 bridgehead atoms. The van der Waals surface area contributed by atoms with E-state index in [2.05, 4.69) is 0 Å². The Kier molecular flexibility index (Phi) is 1.57. The Morgan fingerprint density at radius 3 is 1.33 bits per heavy atom. The van der Waals surface area contributed by atoms with Gasteiger partial charge < -0.3 is 4.11 Å². The quantitative estimate of drug-likeness (QED) is 0.247. The van der Waals surface area contributed by atoms with E-state index in [9.17, 15) is 17.3 Å². The lowest BCUT2D eigenvalue weighted by molar-refractivity contribution is -0.0522. The van der Waals surface area contributed by atoms with Gasteiger partial charge in [0.05, 0.1) is 0 Å². The van der Waals surface area contributed by atoms with Crippen LogP contribution in [0.1, 0.15) is 0 Å². The number of hydrogen-bond acceptors (Lipinski definition) is 0. The van der Waals surface area contributed by atoms with E-state index in [4.69, 9.17) is 0 Å². The number of rotatable bonds is 0. The Morgan fingerprint density at radius 1 is 1.17 bits per heavy atom. The zero-order chi connectivity index (χ0) is 5.21. The zero-order valence-electron chi connectivity index (χ0n) is 2.72. The van der Waals surface area contributed by atoms with E-state index in [1.807, 2.05) is 0 Å². The lowest BCUT2D eigenvalue weighted by Crippen LogP contribution is -2.12. The molecule has 0 nitrogen and oxygen atoms in total. The Morgan fingerprint density at radius 2 is 1.33 bits per heavy atom. The average molecular weight is 118 g/mol. The van der Waals surface area contributed by atoms with Crippen LogP contribution < -0.4 is 0 Å². The van der Waals surface area contributed by atoms with Crippen LogP contribution in [0.15, 0.2) is 0 Å². The molecule has 0 spiro atoms. The fourth-order valence-electron chi connectivity index (χ4n) is 0. The van der Waals surface area contributed by atoms with Gasteiger partial charge in [0.25, 0.3) is 0 Å². The molecule has 0 atom stereocenters. The second kappa shape index (κ2) is 1.59. The van der Waals surface area contributed by atoms with Crippen molar-refractivity contribution in [3.05, 3.63) is 0 Å². The van der Waals surface area contributed by atoms with Crippen LogP contribution in [0.25, 0.3) is 0 Å². The Balaban J connectivity index is 3.17. The minimum Gasteiger partial charge on any atom is -0.311 e. The SMILES string of the molecule is F[SiH2]C(F)(F)F. The molecule has 0 aliphatic carbocycles. The lowest BCUT2D eigenvalue weighted by atomic mass is 11.5. The van der Waals surface area contributed by atoms with Gasteiger partial charge in [-0.1, -0.05) is 0 Å². The van der Waals surface area contributed by atoms with Gasteiger partial charge in [-0.15, -0.1) is 0 Å². The molecule has 5 heteroatoms. The highest BCUT2D eigenvalue weighted by molar-refractivity contribution is 6.28. The molecule has 0 unspecified atom stereocenters. The molecule has 0 radical (unpaired) electrons. The Hall–Kier alpha value is -0.0631. The average Bonchev–Trinajstić information content (AvgIpc) is 1.35. The Labute approximate surface area is 34.1 Å². The molecule has 0 fully saturated rings. The maximum atomic E-state index is 10.5. The summed E-state index contributed by atoms with van der Waals surface area (Å²) in [6, 6.07) is 0. The molecule has 0 aromatic heterocycles. The summed E-state index contributed by atoms with van der Waals surface area (Å²) in [6.07, 6.45) is 0. The molecule has 6 heavy (non-hydrogen) atoms. The molecule has 0 N–H and O–H groups in total. The van der Waals surface area contributed by atoms with E-state index in [0.717, 1.165) is 0 Å². The van der Waals surface area contributed by atoms with Crippen molar-refractivity contribution >= 4 is 9.85 Å². The maximum absolute atomic E-state index is 10.5. The van der Waals surface area contributed by atoms with Crippen LogP contribution in [0.3, 0.4) is 0 Å². The van der Waals surface area contributed by atoms with E-state index in [1.54, 1.807) is 0 Å². The first-order valence-corrected chi connectivity index (χ1v) is 2.43. The standard InChI is InChI=1S/CH2F4Si/c2-1(3,4)6-5/h6H2. The van der Waals surface area contributed by atoms with Crippen LogP contribution in [0.4, 0.5) is 17.3 Å². The first kappa shape index (κ1) is 5.94. The van der Waals surface area contributed by atoms with E-state index in [1.165, 1.54) is 0 Å². The number of halogens is 4. The third kappa shape index (κ3) is 3.94. The summed E-state index contributed by atoms with van der Waals surface area (Å²) in [5, 5.41) is 0. The Bertz CT molecular complexity index is 37.3. The molecule has 0 heterocycles. The highest BCUT2D eigenvalue weighted by Gasteiger charge is 2.27. The molecule has 0 amide bonds. The summed E-state index contributed by atoms with van der Waals surface area (Å²) in [7, 11) is -3.25. The van der Waals surface area contributed by atoms with Crippen LogP contribution in [0.2, 0.25) is 0 Å². The van der Waals surface area contributed by atoms with Crippen molar-refractivity contribution in [2.45, 2.75) is 5.80 Å². The van der Waals surface area contributed by atoms with Crippen LogP contribution in [-0.2, 0) is 0 Å². The molecule has 38 valence electrons. The van der Waals surface area contributed by atoms with Gasteiger partial charge >= 0.3 is 15.7 Å². The van der Waals surface area contributed by atoms with E-state index in [-0.39, 0.29) is 0 Å². The third-order valence-electron chi connectivity index (χ3n) is 0.152. The number of alkyl halides is 3. The maximum Gasteiger partial charge on any atom is 0.388 e. The van der Waals surface area contributed by atoms with Crippen LogP contribution in [-0.4, -0.2) is 15.7 Å². The largest absolute Gasteiger partial charge is 0.388 e. The molecule has 0 saturated carbocycles. The summed E-state index contributed by atoms with van der Waals surface area (Å²) < 4.78 is 41.9. The predicted octanol–water partition coefficient (Wildman–Crippen LogP) is 0.559. The smallest absolute Gasteiger partial charge is 0.311 e. The topological polar surface area (TPSA) is 0 Å². The minimum absolute atomic E-state index is 3.25. The molecular formula is CH2F4Si. The first-order chi connectivity index (χ1) is 2.56.